The van der Waals surface area contributed by atoms with E-state index in [4.69, 9.17) is 25.5 Å². The van der Waals surface area contributed by atoms with E-state index in [0.29, 0.717) is 72.4 Å². The number of likely N-dealkylation sites (tertiary alicyclic amines) is 1. The van der Waals surface area contributed by atoms with Gasteiger partial charge in [0.15, 0.2) is 5.60 Å². The molecule has 2 amide bonds. The minimum Gasteiger partial charge on any atom is -0.490 e. The number of amides is 2. The fourth-order valence-electron chi connectivity index (χ4n) is 8.31. The average Bonchev–Trinajstić information content (AvgIpc) is 3.21. The second kappa shape index (κ2) is 16.9. The zero-order chi connectivity index (χ0) is 42.1. The molecule has 4 aromatic carbocycles. The van der Waals surface area contributed by atoms with Gasteiger partial charge in [0, 0.05) is 43.9 Å². The molecule has 0 N–H and O–H groups in total. The standard InChI is InChI=1S/C47H50ClF2N3O5Si/c1-31(23-26-56-59(46(2,3)4,36-13-9-7-10-14-36)37-15-11-8-12-16-37)57-42-20-18-34(49)29-39(42)32-17-19-38(40(50)27-32)44(54)52-24-21-35(22-25-52)53-41-28-33(48)30-51-43(41)58-47(5,6)45(53)55/h7-20,27-31,35H,21-26H2,1-6H3/t31-/m1/s1. The van der Waals surface area contributed by atoms with Gasteiger partial charge in [0.05, 0.1) is 16.7 Å². The van der Waals surface area contributed by atoms with Crippen molar-refractivity contribution >= 4 is 47.8 Å². The minimum absolute atomic E-state index is 0.0928. The number of piperidine rings is 1. The van der Waals surface area contributed by atoms with Gasteiger partial charge in [0.2, 0.25) is 5.88 Å². The third-order valence-electron chi connectivity index (χ3n) is 11.3. The van der Waals surface area contributed by atoms with Gasteiger partial charge in [0.25, 0.3) is 20.1 Å². The third kappa shape index (κ3) is 8.51. The number of halogens is 3. The van der Waals surface area contributed by atoms with Gasteiger partial charge in [0.1, 0.15) is 23.1 Å². The monoisotopic (exact) mass is 837 g/mol. The Hall–Kier alpha value is -5.10. The SMILES string of the molecule is C[C@H](CCO[Si](c1ccccc1)(c1ccccc1)C(C)(C)C)Oc1ccc(F)cc1-c1ccc(C(=O)N2CCC(N3C(=O)C(C)(C)Oc4ncc(Cl)cc43)CC2)c(F)c1. The lowest BCUT2D eigenvalue weighted by atomic mass is 9.96. The summed E-state index contributed by atoms with van der Waals surface area (Å²) >= 11 is 6.24. The van der Waals surface area contributed by atoms with Crippen molar-refractivity contribution in [2.24, 2.45) is 0 Å². The molecule has 3 heterocycles. The molecule has 2 aliphatic heterocycles. The highest BCUT2D eigenvalue weighted by Crippen LogP contribution is 2.41. The van der Waals surface area contributed by atoms with Crippen molar-refractivity contribution in [2.45, 2.75) is 83.6 Å². The fourth-order valence-corrected chi connectivity index (χ4v) is 13.0. The predicted octanol–water partition coefficient (Wildman–Crippen LogP) is 9.22. The van der Waals surface area contributed by atoms with Crippen LogP contribution < -0.4 is 24.7 Å². The summed E-state index contributed by atoms with van der Waals surface area (Å²) in [5, 5.41) is 2.56. The van der Waals surface area contributed by atoms with Crippen LogP contribution in [-0.4, -0.2) is 67.5 Å². The summed E-state index contributed by atoms with van der Waals surface area (Å²) in [7, 11) is -2.75. The van der Waals surface area contributed by atoms with Crippen LogP contribution in [0.1, 0.15) is 71.2 Å². The summed E-state index contributed by atoms with van der Waals surface area (Å²) < 4.78 is 50.0. The smallest absolute Gasteiger partial charge is 0.271 e. The van der Waals surface area contributed by atoms with Crippen molar-refractivity contribution in [3.05, 3.63) is 132 Å². The van der Waals surface area contributed by atoms with Crippen LogP contribution in [0.4, 0.5) is 14.5 Å². The van der Waals surface area contributed by atoms with Gasteiger partial charge in [-0.25, -0.2) is 13.8 Å². The number of fused-ring (bicyclic) bond motifs is 1. The van der Waals surface area contributed by atoms with E-state index in [-0.39, 0.29) is 28.7 Å². The summed E-state index contributed by atoms with van der Waals surface area (Å²) in [4.78, 5) is 34.8. The molecule has 1 fully saturated rings. The quantitative estimate of drug-likeness (QED) is 0.124. The van der Waals surface area contributed by atoms with Gasteiger partial charge < -0.3 is 23.7 Å². The second-order valence-corrected chi connectivity index (χ2v) is 21.6. The number of carbonyl (C=O) groups is 2. The Morgan fingerprint density at radius 3 is 2.20 bits per heavy atom. The van der Waals surface area contributed by atoms with Crippen LogP contribution in [0.25, 0.3) is 11.1 Å². The van der Waals surface area contributed by atoms with Gasteiger partial charge in [-0.1, -0.05) is 99.1 Å². The number of aromatic nitrogens is 1. The number of nitrogens with zero attached hydrogens (tertiary/aromatic N) is 3. The van der Waals surface area contributed by atoms with E-state index >= 15 is 4.39 Å². The molecule has 1 saturated heterocycles. The molecule has 5 aromatic rings. The number of carbonyl (C=O) groups excluding carboxylic acids is 2. The van der Waals surface area contributed by atoms with Crippen molar-refractivity contribution in [3.8, 4) is 22.8 Å². The minimum atomic E-state index is -2.75. The predicted molar refractivity (Wildman–Crippen MR) is 230 cm³/mol. The van der Waals surface area contributed by atoms with Crippen molar-refractivity contribution in [1.82, 2.24) is 9.88 Å². The molecule has 0 saturated carbocycles. The number of ether oxygens (including phenoxy) is 2. The van der Waals surface area contributed by atoms with E-state index in [1.165, 1.54) is 40.8 Å². The number of hydrogen-bond donors (Lipinski definition) is 0. The van der Waals surface area contributed by atoms with Crippen LogP contribution in [-0.2, 0) is 9.22 Å². The first-order valence-corrected chi connectivity index (χ1v) is 22.4. The zero-order valence-electron chi connectivity index (χ0n) is 34.3. The number of anilines is 1. The molecule has 12 heteroatoms. The normalized spacial score (nSPS) is 16.3. The molecule has 7 rings (SSSR count). The molecular weight excluding hydrogens is 788 g/mol. The summed E-state index contributed by atoms with van der Waals surface area (Å²) in [6.07, 6.45) is 2.62. The van der Waals surface area contributed by atoms with Crippen LogP contribution in [0.5, 0.6) is 11.6 Å². The van der Waals surface area contributed by atoms with Gasteiger partial charge in [-0.3, -0.25) is 9.59 Å². The molecule has 0 radical (unpaired) electrons. The molecule has 59 heavy (non-hydrogen) atoms. The first-order chi connectivity index (χ1) is 28.1. The molecule has 0 aliphatic carbocycles. The molecule has 1 atom stereocenters. The molecule has 0 bridgehead atoms. The van der Waals surface area contributed by atoms with Crippen LogP contribution in [0.3, 0.4) is 0 Å². The van der Waals surface area contributed by atoms with E-state index in [2.05, 4.69) is 74.3 Å². The lowest BCUT2D eigenvalue weighted by Crippen LogP contribution is -2.66. The van der Waals surface area contributed by atoms with E-state index in [9.17, 15) is 14.0 Å². The maximum Gasteiger partial charge on any atom is 0.271 e. The highest BCUT2D eigenvalue weighted by molar-refractivity contribution is 6.99. The van der Waals surface area contributed by atoms with Gasteiger partial charge in [-0.15, -0.1) is 0 Å². The van der Waals surface area contributed by atoms with Crippen molar-refractivity contribution < 1.29 is 32.3 Å². The summed E-state index contributed by atoms with van der Waals surface area (Å²) in [6, 6.07) is 30.8. The molecule has 2 aliphatic rings. The first kappa shape index (κ1) is 42.0. The molecule has 8 nitrogen and oxygen atoms in total. The lowest BCUT2D eigenvalue weighted by Gasteiger charge is -2.44. The largest absolute Gasteiger partial charge is 0.490 e. The van der Waals surface area contributed by atoms with Crippen LogP contribution >= 0.6 is 11.6 Å². The van der Waals surface area contributed by atoms with E-state index in [1.807, 2.05) is 19.1 Å². The van der Waals surface area contributed by atoms with Crippen molar-refractivity contribution in [3.63, 3.8) is 0 Å². The Bertz CT molecular complexity index is 2280. The van der Waals surface area contributed by atoms with E-state index in [1.54, 1.807) is 41.8 Å². The molecule has 308 valence electrons. The molecular formula is C47H50ClF2N3O5Si. The Labute approximate surface area is 351 Å². The van der Waals surface area contributed by atoms with Gasteiger partial charge >= 0.3 is 0 Å². The van der Waals surface area contributed by atoms with E-state index in [0.717, 1.165) is 0 Å². The number of pyridine rings is 1. The molecule has 0 spiro atoms. The zero-order valence-corrected chi connectivity index (χ0v) is 36.1. The van der Waals surface area contributed by atoms with Gasteiger partial charge in [-0.05, 0) is 91.0 Å². The first-order valence-electron chi connectivity index (χ1n) is 20.1. The van der Waals surface area contributed by atoms with Crippen LogP contribution in [0.15, 0.2) is 109 Å². The van der Waals surface area contributed by atoms with Crippen LogP contribution in [0.2, 0.25) is 10.1 Å². The topological polar surface area (TPSA) is 81.2 Å². The summed E-state index contributed by atoms with van der Waals surface area (Å²) in [5.74, 6) is -1.20. The molecule has 0 unspecified atom stereocenters. The Kier molecular flexibility index (Phi) is 12.0. The van der Waals surface area contributed by atoms with Crippen molar-refractivity contribution in [1.29, 1.82) is 0 Å². The highest BCUT2D eigenvalue weighted by atomic mass is 35.5. The highest BCUT2D eigenvalue weighted by Gasteiger charge is 2.50. The second-order valence-electron chi connectivity index (χ2n) is 16.9. The van der Waals surface area contributed by atoms with Gasteiger partial charge in [-0.2, -0.15) is 0 Å². The fraction of sp³-hybridized carbons (Fsp3) is 0.340. The van der Waals surface area contributed by atoms with Crippen LogP contribution in [0, 0.1) is 11.6 Å². The Morgan fingerprint density at radius 2 is 1.59 bits per heavy atom. The summed E-state index contributed by atoms with van der Waals surface area (Å²) in [5.41, 5.74) is 0.0201. The molecule has 1 aromatic heterocycles. The lowest BCUT2D eigenvalue weighted by molar-refractivity contribution is -0.133. The average molecular weight is 838 g/mol. The maximum absolute atomic E-state index is 15.9. The Morgan fingerprint density at radius 1 is 0.949 bits per heavy atom. The van der Waals surface area contributed by atoms with E-state index < -0.39 is 31.5 Å². The van der Waals surface area contributed by atoms with Crippen molar-refractivity contribution in [2.75, 3.05) is 24.6 Å². The number of hydrogen-bond acceptors (Lipinski definition) is 6. The number of rotatable bonds is 11. The third-order valence-corrected chi connectivity index (χ3v) is 16.5. The Balaban J connectivity index is 1.03. The maximum atomic E-state index is 15.9. The summed E-state index contributed by atoms with van der Waals surface area (Å²) in [6.45, 7) is 13.1. The number of benzene rings is 4.